The Morgan fingerprint density at radius 1 is 1.44 bits per heavy atom. The molecule has 4 heteroatoms. The average molecular weight is 236 g/mol. The Kier molecular flexibility index (Phi) is 2.84. The van der Waals surface area contributed by atoms with Crippen molar-refractivity contribution in [3.63, 3.8) is 0 Å². The van der Waals surface area contributed by atoms with Crippen molar-refractivity contribution in [2.75, 3.05) is 18.6 Å². The molecule has 0 atom stereocenters. The van der Waals surface area contributed by atoms with Crippen LogP contribution in [0.4, 0.5) is 5.69 Å². The number of hydrogen-bond donors (Lipinski definition) is 1. The maximum Gasteiger partial charge on any atom is 0.216 e. The fourth-order valence-corrected chi connectivity index (χ4v) is 2.13. The summed E-state index contributed by atoms with van der Waals surface area (Å²) in [6.07, 6.45) is 2.01. The number of rotatable bonds is 2. The van der Waals surface area contributed by atoms with Crippen LogP contribution in [0.15, 0.2) is 28.1 Å². The Morgan fingerprint density at radius 2 is 2.19 bits per heavy atom. The molecule has 0 amide bonds. The van der Waals surface area contributed by atoms with E-state index in [0.717, 1.165) is 22.0 Å². The second kappa shape index (κ2) is 4.01. The van der Waals surface area contributed by atoms with E-state index < -0.39 is 0 Å². The predicted molar refractivity (Wildman–Crippen MR) is 69.2 cm³/mol. The molecule has 0 aliphatic carbocycles. The summed E-state index contributed by atoms with van der Waals surface area (Å²) in [5.74, 6) is 0.723. The number of ether oxygens (including phenoxy) is 1. The summed E-state index contributed by atoms with van der Waals surface area (Å²) in [7, 11) is 0. The van der Waals surface area contributed by atoms with Crippen LogP contribution in [0, 0.1) is 0 Å². The first kappa shape index (κ1) is 11.3. The first-order valence-electron chi connectivity index (χ1n) is 5.18. The van der Waals surface area contributed by atoms with Gasteiger partial charge >= 0.3 is 0 Å². The maximum absolute atomic E-state index is 5.85. The predicted octanol–water partition coefficient (Wildman–Crippen LogP) is 2.55. The SMILES string of the molecule is CSc1cc(C2=NC(C)(C)CO2)ccc1N. The highest BCUT2D eigenvalue weighted by molar-refractivity contribution is 7.98. The molecule has 1 aliphatic rings. The van der Waals surface area contributed by atoms with Crippen molar-refractivity contribution in [2.24, 2.45) is 4.99 Å². The number of nitrogen functional groups attached to an aromatic ring is 1. The van der Waals surface area contributed by atoms with Gasteiger partial charge < -0.3 is 10.5 Å². The lowest BCUT2D eigenvalue weighted by atomic mass is 10.1. The molecule has 0 spiro atoms. The van der Waals surface area contributed by atoms with Crippen LogP contribution < -0.4 is 5.73 Å². The first-order chi connectivity index (χ1) is 7.52. The minimum Gasteiger partial charge on any atom is -0.475 e. The van der Waals surface area contributed by atoms with Crippen molar-refractivity contribution in [3.8, 4) is 0 Å². The number of anilines is 1. The molecule has 0 fully saturated rings. The van der Waals surface area contributed by atoms with Gasteiger partial charge in [0.25, 0.3) is 0 Å². The van der Waals surface area contributed by atoms with Gasteiger partial charge in [-0.15, -0.1) is 11.8 Å². The van der Waals surface area contributed by atoms with Gasteiger partial charge in [-0.1, -0.05) is 0 Å². The van der Waals surface area contributed by atoms with Gasteiger partial charge in [-0.2, -0.15) is 0 Å². The molecule has 0 bridgehead atoms. The van der Waals surface area contributed by atoms with Crippen molar-refractivity contribution in [3.05, 3.63) is 23.8 Å². The average Bonchev–Trinajstić information content (AvgIpc) is 2.59. The summed E-state index contributed by atoms with van der Waals surface area (Å²) in [5, 5.41) is 0. The number of hydrogen-bond acceptors (Lipinski definition) is 4. The largest absolute Gasteiger partial charge is 0.475 e. The summed E-state index contributed by atoms with van der Waals surface area (Å²) in [6, 6.07) is 5.88. The molecule has 86 valence electrons. The number of benzene rings is 1. The van der Waals surface area contributed by atoms with Crippen LogP contribution in [0.5, 0.6) is 0 Å². The van der Waals surface area contributed by atoms with Crippen molar-refractivity contribution in [1.82, 2.24) is 0 Å². The fourth-order valence-electron chi connectivity index (χ4n) is 1.58. The van der Waals surface area contributed by atoms with Crippen LogP contribution in [0.1, 0.15) is 19.4 Å². The van der Waals surface area contributed by atoms with Gasteiger partial charge in [0.1, 0.15) is 6.61 Å². The fraction of sp³-hybridized carbons (Fsp3) is 0.417. The van der Waals surface area contributed by atoms with Crippen LogP contribution in [0.25, 0.3) is 0 Å². The molecule has 1 heterocycles. The van der Waals surface area contributed by atoms with Crippen LogP contribution in [-0.4, -0.2) is 24.3 Å². The Hall–Kier alpha value is -1.16. The van der Waals surface area contributed by atoms with E-state index in [1.807, 2.05) is 24.5 Å². The highest BCUT2D eigenvalue weighted by Crippen LogP contribution is 2.27. The van der Waals surface area contributed by atoms with Crippen molar-refractivity contribution < 1.29 is 4.74 Å². The molecule has 1 aliphatic heterocycles. The van der Waals surface area contributed by atoms with E-state index in [1.165, 1.54) is 0 Å². The van der Waals surface area contributed by atoms with Crippen LogP contribution in [0.3, 0.4) is 0 Å². The molecule has 0 radical (unpaired) electrons. The Bertz CT molecular complexity index is 441. The van der Waals surface area contributed by atoms with E-state index in [0.29, 0.717) is 6.61 Å². The molecular weight excluding hydrogens is 220 g/mol. The van der Waals surface area contributed by atoms with E-state index in [4.69, 9.17) is 10.5 Å². The smallest absolute Gasteiger partial charge is 0.216 e. The van der Waals surface area contributed by atoms with Crippen LogP contribution in [-0.2, 0) is 4.74 Å². The number of aliphatic imine (C=N–C) groups is 1. The van der Waals surface area contributed by atoms with Gasteiger partial charge in [0.2, 0.25) is 5.90 Å². The van der Waals surface area contributed by atoms with E-state index in [-0.39, 0.29) is 5.54 Å². The standard InChI is InChI=1S/C12H16N2OS/c1-12(2)7-15-11(14-12)8-4-5-9(13)10(6-8)16-3/h4-6H,7,13H2,1-3H3. The zero-order valence-electron chi connectivity index (χ0n) is 9.78. The van der Waals surface area contributed by atoms with Crippen molar-refractivity contribution >= 4 is 23.3 Å². The molecule has 2 N–H and O–H groups in total. The Balaban J connectivity index is 2.35. The molecular formula is C12H16N2OS. The van der Waals surface area contributed by atoms with Gasteiger partial charge in [0, 0.05) is 16.1 Å². The van der Waals surface area contributed by atoms with Gasteiger partial charge in [0.05, 0.1) is 5.54 Å². The number of nitrogens with two attached hydrogens (primary N) is 1. The van der Waals surface area contributed by atoms with E-state index in [1.54, 1.807) is 11.8 Å². The lowest BCUT2D eigenvalue weighted by molar-refractivity contribution is 0.279. The van der Waals surface area contributed by atoms with Crippen molar-refractivity contribution in [1.29, 1.82) is 0 Å². The second-order valence-electron chi connectivity index (χ2n) is 4.47. The quantitative estimate of drug-likeness (QED) is 0.634. The first-order valence-corrected chi connectivity index (χ1v) is 6.41. The zero-order valence-corrected chi connectivity index (χ0v) is 10.6. The van der Waals surface area contributed by atoms with Crippen LogP contribution >= 0.6 is 11.8 Å². The highest BCUT2D eigenvalue weighted by Gasteiger charge is 2.27. The summed E-state index contributed by atoms with van der Waals surface area (Å²) >= 11 is 1.63. The summed E-state index contributed by atoms with van der Waals surface area (Å²) < 4.78 is 5.59. The van der Waals surface area contributed by atoms with E-state index in [2.05, 4.69) is 18.8 Å². The molecule has 0 saturated carbocycles. The summed E-state index contributed by atoms with van der Waals surface area (Å²) in [4.78, 5) is 5.60. The number of nitrogens with zero attached hydrogens (tertiary/aromatic N) is 1. The summed E-state index contributed by atoms with van der Waals surface area (Å²) in [6.45, 7) is 4.76. The molecule has 3 nitrogen and oxygen atoms in total. The molecule has 1 aromatic rings. The summed E-state index contributed by atoms with van der Waals surface area (Å²) in [5.41, 5.74) is 7.54. The maximum atomic E-state index is 5.85. The molecule has 2 rings (SSSR count). The lowest BCUT2D eigenvalue weighted by Crippen LogP contribution is -2.17. The molecule has 16 heavy (non-hydrogen) atoms. The molecule has 0 saturated heterocycles. The number of thioether (sulfide) groups is 1. The monoisotopic (exact) mass is 236 g/mol. The topological polar surface area (TPSA) is 47.6 Å². The van der Waals surface area contributed by atoms with Gasteiger partial charge in [-0.05, 0) is 38.3 Å². The third-order valence-electron chi connectivity index (χ3n) is 2.45. The van der Waals surface area contributed by atoms with Gasteiger partial charge in [-0.25, -0.2) is 4.99 Å². The third-order valence-corrected chi connectivity index (χ3v) is 3.24. The second-order valence-corrected chi connectivity index (χ2v) is 5.32. The van der Waals surface area contributed by atoms with Gasteiger partial charge in [-0.3, -0.25) is 0 Å². The molecule has 0 aromatic heterocycles. The van der Waals surface area contributed by atoms with Crippen molar-refractivity contribution in [2.45, 2.75) is 24.3 Å². The zero-order chi connectivity index (χ0) is 11.8. The van der Waals surface area contributed by atoms with E-state index >= 15 is 0 Å². The molecule has 1 aromatic carbocycles. The molecule has 0 unspecified atom stereocenters. The Labute approximate surface area is 100 Å². The minimum absolute atomic E-state index is 0.115. The third kappa shape index (κ3) is 2.16. The normalized spacial score (nSPS) is 18.1. The Morgan fingerprint density at radius 3 is 2.75 bits per heavy atom. The van der Waals surface area contributed by atoms with E-state index in [9.17, 15) is 0 Å². The van der Waals surface area contributed by atoms with Crippen LogP contribution in [0.2, 0.25) is 0 Å². The van der Waals surface area contributed by atoms with Gasteiger partial charge in [0.15, 0.2) is 0 Å². The highest BCUT2D eigenvalue weighted by atomic mass is 32.2. The lowest BCUT2D eigenvalue weighted by Gasteiger charge is -2.07. The minimum atomic E-state index is -0.115.